The van der Waals surface area contributed by atoms with Crippen molar-refractivity contribution in [3.8, 4) is 11.8 Å². The summed E-state index contributed by atoms with van der Waals surface area (Å²) in [6, 6.07) is 9.95. The number of urea groups is 1. The van der Waals surface area contributed by atoms with Crippen LogP contribution in [0, 0.1) is 18.8 Å². The summed E-state index contributed by atoms with van der Waals surface area (Å²) in [6.07, 6.45) is 10.9. The van der Waals surface area contributed by atoms with Gasteiger partial charge in [-0.15, -0.1) is 0 Å². The number of aryl methyl sites for hydroxylation is 1. The number of imide groups is 1. The minimum absolute atomic E-state index is 0.00107. The van der Waals surface area contributed by atoms with E-state index in [-0.39, 0.29) is 24.3 Å². The van der Waals surface area contributed by atoms with Crippen LogP contribution in [-0.4, -0.2) is 58.2 Å². The minimum Gasteiger partial charge on any atom is -0.360 e. The first-order valence-electron chi connectivity index (χ1n) is 13.9. The van der Waals surface area contributed by atoms with Crippen LogP contribution in [0.1, 0.15) is 46.3 Å². The average molecular weight is 578 g/mol. The zero-order valence-corrected chi connectivity index (χ0v) is 23.7. The highest BCUT2D eigenvalue weighted by Crippen LogP contribution is 2.27. The van der Waals surface area contributed by atoms with E-state index in [0.29, 0.717) is 36.3 Å². The van der Waals surface area contributed by atoms with Crippen molar-refractivity contribution >= 4 is 52.2 Å². The molecule has 2 atom stereocenters. The number of amides is 3. The Kier molecular flexibility index (Phi) is 7.60. The maximum atomic E-state index is 13.0. The van der Waals surface area contributed by atoms with Crippen molar-refractivity contribution in [3.05, 3.63) is 93.8 Å². The lowest BCUT2D eigenvalue weighted by Gasteiger charge is -2.13. The maximum Gasteiger partial charge on any atom is 0.324 e. The topological polar surface area (TPSA) is 107 Å². The number of benzene rings is 2. The van der Waals surface area contributed by atoms with Crippen LogP contribution in [0.15, 0.2) is 76.5 Å². The number of allylic oxidation sites excluding steroid dienone is 1. The highest BCUT2D eigenvalue weighted by Gasteiger charge is 2.37. The number of nitrogens with one attached hydrogen (secondary N) is 2. The zero-order valence-electron chi connectivity index (χ0n) is 23.0. The molecule has 3 aliphatic rings. The average Bonchev–Trinajstić information content (AvgIpc) is 3.67. The quantitative estimate of drug-likeness (QED) is 0.163. The number of carbonyl (C=O) groups is 3. The SMILES string of the molecule is Cc1ccc(C(=O)CCCCN2C(=O)NC(Cc3c[nH]c4c(Cl)cccc34)C2=O)cc1C#CC1=CN=C2C=CC=NC12. The van der Waals surface area contributed by atoms with Gasteiger partial charge in [0.1, 0.15) is 12.1 Å². The summed E-state index contributed by atoms with van der Waals surface area (Å²) in [7, 11) is 0. The molecular weight excluding hydrogens is 550 g/mol. The summed E-state index contributed by atoms with van der Waals surface area (Å²) in [6.45, 7) is 2.22. The number of unbranched alkanes of at least 4 members (excludes halogenated alkanes) is 1. The number of fused-ring (bicyclic) bond motifs is 2. The summed E-state index contributed by atoms with van der Waals surface area (Å²) in [5.41, 5.74) is 5.80. The standard InChI is InChI=1S/C33H28ClN5O3/c1-20-10-11-22(16-21(20)12-13-23-18-36-27-8-5-14-35-30(23)27)29(40)9-2-3-15-39-32(41)28(38-33(39)42)17-24-19-37-31-25(24)6-4-7-26(31)34/h4-8,10-11,14,16,18-19,28,30,37H,2-3,9,15,17H2,1H3,(H,38,42). The number of hydrogen-bond acceptors (Lipinski definition) is 5. The van der Waals surface area contributed by atoms with E-state index in [0.717, 1.165) is 38.9 Å². The van der Waals surface area contributed by atoms with Gasteiger partial charge in [-0.2, -0.15) is 0 Å². The van der Waals surface area contributed by atoms with E-state index in [1.807, 2.05) is 55.6 Å². The monoisotopic (exact) mass is 577 g/mol. The molecule has 1 fully saturated rings. The van der Waals surface area contributed by atoms with Gasteiger partial charge >= 0.3 is 6.03 Å². The molecule has 3 amide bonds. The molecule has 2 aromatic carbocycles. The number of rotatable bonds is 8. The second-order valence-corrected chi connectivity index (χ2v) is 10.9. The molecule has 0 spiro atoms. The number of dihydropyridines is 1. The number of ketones is 1. The molecule has 2 N–H and O–H groups in total. The molecule has 210 valence electrons. The molecule has 4 heterocycles. The molecule has 3 aliphatic heterocycles. The number of H-pyrrole nitrogens is 1. The lowest BCUT2D eigenvalue weighted by Crippen LogP contribution is -2.33. The van der Waals surface area contributed by atoms with Crippen LogP contribution in [0.4, 0.5) is 4.79 Å². The van der Waals surface area contributed by atoms with Crippen LogP contribution in [0.5, 0.6) is 0 Å². The Morgan fingerprint density at radius 2 is 2.02 bits per heavy atom. The summed E-state index contributed by atoms with van der Waals surface area (Å²) in [5.74, 6) is 6.11. The molecule has 42 heavy (non-hydrogen) atoms. The van der Waals surface area contributed by atoms with Crippen molar-refractivity contribution in [2.24, 2.45) is 9.98 Å². The smallest absolute Gasteiger partial charge is 0.324 e. The highest BCUT2D eigenvalue weighted by molar-refractivity contribution is 6.35. The Labute approximate surface area is 248 Å². The van der Waals surface area contributed by atoms with E-state index in [1.165, 1.54) is 4.90 Å². The van der Waals surface area contributed by atoms with Gasteiger partial charge in [0.05, 0.1) is 21.8 Å². The molecular formula is C33H28ClN5O3. The number of aromatic nitrogens is 1. The Balaban J connectivity index is 1.01. The van der Waals surface area contributed by atoms with E-state index >= 15 is 0 Å². The summed E-state index contributed by atoms with van der Waals surface area (Å²) in [5, 5.41) is 4.33. The fraction of sp³-hybridized carbons (Fsp3) is 0.242. The van der Waals surface area contributed by atoms with Crippen LogP contribution >= 0.6 is 11.6 Å². The minimum atomic E-state index is -0.635. The number of aliphatic imine (C=N–C) groups is 2. The Morgan fingerprint density at radius 3 is 2.90 bits per heavy atom. The molecule has 6 rings (SSSR count). The summed E-state index contributed by atoms with van der Waals surface area (Å²) >= 11 is 6.25. The normalized spacial score (nSPS) is 19.0. The third kappa shape index (κ3) is 5.44. The summed E-state index contributed by atoms with van der Waals surface area (Å²) < 4.78 is 0. The van der Waals surface area contributed by atoms with E-state index in [4.69, 9.17) is 11.6 Å². The second kappa shape index (κ2) is 11.6. The van der Waals surface area contributed by atoms with Gasteiger partial charge in [0.2, 0.25) is 0 Å². The molecule has 0 radical (unpaired) electrons. The molecule has 3 aromatic rings. The molecule has 8 nitrogen and oxygen atoms in total. The molecule has 2 unspecified atom stereocenters. The fourth-order valence-corrected chi connectivity index (χ4v) is 5.60. The van der Waals surface area contributed by atoms with Crippen LogP contribution in [0.25, 0.3) is 10.9 Å². The first-order chi connectivity index (χ1) is 20.4. The lowest BCUT2D eigenvalue weighted by atomic mass is 9.99. The number of carbonyl (C=O) groups excluding carboxylic acids is 3. The molecule has 0 saturated carbocycles. The van der Waals surface area contributed by atoms with E-state index in [2.05, 4.69) is 32.1 Å². The van der Waals surface area contributed by atoms with Gasteiger partial charge in [0.15, 0.2) is 5.78 Å². The summed E-state index contributed by atoms with van der Waals surface area (Å²) in [4.78, 5) is 51.7. The molecule has 9 heteroatoms. The van der Waals surface area contributed by atoms with Gasteiger partial charge in [0, 0.05) is 54.5 Å². The van der Waals surface area contributed by atoms with Crippen LogP contribution in [0.2, 0.25) is 5.02 Å². The predicted molar refractivity (Wildman–Crippen MR) is 164 cm³/mol. The van der Waals surface area contributed by atoms with Gasteiger partial charge in [0.25, 0.3) is 5.91 Å². The van der Waals surface area contributed by atoms with Crippen molar-refractivity contribution in [1.29, 1.82) is 0 Å². The first-order valence-corrected chi connectivity index (χ1v) is 14.3. The maximum absolute atomic E-state index is 13.0. The van der Waals surface area contributed by atoms with Crippen molar-refractivity contribution < 1.29 is 14.4 Å². The molecule has 1 aromatic heterocycles. The van der Waals surface area contributed by atoms with Gasteiger partial charge in [-0.3, -0.25) is 24.5 Å². The van der Waals surface area contributed by atoms with Crippen molar-refractivity contribution in [3.63, 3.8) is 0 Å². The van der Waals surface area contributed by atoms with Crippen molar-refractivity contribution in [2.75, 3.05) is 6.54 Å². The van der Waals surface area contributed by atoms with Gasteiger partial charge < -0.3 is 10.3 Å². The van der Waals surface area contributed by atoms with Crippen molar-refractivity contribution in [1.82, 2.24) is 15.2 Å². The Hall–Kier alpha value is -4.74. The Morgan fingerprint density at radius 1 is 1.14 bits per heavy atom. The van der Waals surface area contributed by atoms with Crippen LogP contribution < -0.4 is 5.32 Å². The Bertz CT molecular complexity index is 1800. The van der Waals surface area contributed by atoms with Crippen LogP contribution in [-0.2, 0) is 11.2 Å². The number of para-hydroxylation sites is 1. The largest absolute Gasteiger partial charge is 0.360 e. The van der Waals surface area contributed by atoms with Crippen LogP contribution in [0.3, 0.4) is 0 Å². The van der Waals surface area contributed by atoms with E-state index < -0.39 is 12.1 Å². The number of halogens is 1. The van der Waals surface area contributed by atoms with E-state index in [1.54, 1.807) is 18.5 Å². The highest BCUT2D eigenvalue weighted by atomic mass is 35.5. The molecule has 0 aliphatic carbocycles. The third-order valence-corrected chi connectivity index (χ3v) is 8.05. The van der Waals surface area contributed by atoms with Crippen molar-refractivity contribution in [2.45, 2.75) is 44.7 Å². The van der Waals surface area contributed by atoms with Gasteiger partial charge in [-0.1, -0.05) is 47.7 Å². The third-order valence-electron chi connectivity index (χ3n) is 7.73. The van der Waals surface area contributed by atoms with E-state index in [9.17, 15) is 14.4 Å². The number of Topliss-reactive ketones (excluding diaryl/α,β-unsaturated/α-hetero) is 1. The fourth-order valence-electron chi connectivity index (χ4n) is 5.37. The van der Waals surface area contributed by atoms with Gasteiger partial charge in [-0.05, 0) is 55.2 Å². The lowest BCUT2D eigenvalue weighted by molar-refractivity contribution is -0.127. The molecule has 0 bridgehead atoms. The number of hydrogen-bond donors (Lipinski definition) is 2. The van der Waals surface area contributed by atoms with Gasteiger partial charge in [-0.25, -0.2) is 4.79 Å². The molecule has 1 saturated heterocycles. The second-order valence-electron chi connectivity index (χ2n) is 10.5. The first kappa shape index (κ1) is 27.4. The number of aromatic amines is 1. The predicted octanol–water partition coefficient (Wildman–Crippen LogP) is 5.35. The zero-order chi connectivity index (χ0) is 29.2. The number of nitrogens with zero attached hydrogens (tertiary/aromatic N) is 3.